The highest BCUT2D eigenvalue weighted by atomic mass is 15.3. The third kappa shape index (κ3) is 3.29. The molecule has 1 aliphatic rings. The third-order valence-corrected chi connectivity index (χ3v) is 4.65. The second kappa shape index (κ2) is 6.40. The van der Waals surface area contributed by atoms with Crippen LogP contribution in [-0.2, 0) is 0 Å². The van der Waals surface area contributed by atoms with E-state index in [2.05, 4.69) is 48.7 Å². The fourth-order valence-electron chi connectivity index (χ4n) is 3.36. The molecule has 5 heteroatoms. The topological polar surface area (TPSA) is 46.8 Å². The molecule has 0 bridgehead atoms. The Morgan fingerprint density at radius 2 is 1.91 bits per heavy atom. The van der Waals surface area contributed by atoms with E-state index in [1.165, 1.54) is 12.1 Å². The van der Waals surface area contributed by atoms with E-state index in [1.807, 2.05) is 23.9 Å². The Morgan fingerprint density at radius 3 is 2.57 bits per heavy atom. The number of hydrogen-bond donors (Lipinski definition) is 0. The van der Waals surface area contributed by atoms with Gasteiger partial charge >= 0.3 is 0 Å². The molecule has 0 spiro atoms. The number of rotatable bonds is 4. The molecule has 2 aromatic heterocycles. The van der Waals surface area contributed by atoms with E-state index in [1.54, 1.807) is 0 Å². The van der Waals surface area contributed by atoms with Crippen molar-refractivity contribution in [2.75, 3.05) is 13.1 Å². The highest BCUT2D eigenvalue weighted by Crippen LogP contribution is 2.30. The maximum atomic E-state index is 4.73. The van der Waals surface area contributed by atoms with Crippen LogP contribution < -0.4 is 0 Å². The first kappa shape index (κ1) is 16.1. The summed E-state index contributed by atoms with van der Waals surface area (Å²) in [7, 11) is 0. The van der Waals surface area contributed by atoms with Crippen molar-refractivity contribution in [3.05, 3.63) is 29.8 Å². The van der Waals surface area contributed by atoms with Crippen molar-refractivity contribution < 1.29 is 0 Å². The van der Waals surface area contributed by atoms with Gasteiger partial charge in [-0.3, -0.25) is 4.68 Å². The minimum absolute atomic E-state index is 0.321. The van der Waals surface area contributed by atoms with Crippen LogP contribution in [0.25, 0.3) is 11.4 Å². The van der Waals surface area contributed by atoms with Gasteiger partial charge in [0, 0.05) is 36.4 Å². The number of hydrogen-bond acceptors (Lipinski definition) is 4. The summed E-state index contributed by atoms with van der Waals surface area (Å²) in [6.45, 7) is 13.0. The van der Waals surface area contributed by atoms with Crippen LogP contribution in [0, 0.1) is 6.92 Å². The molecular weight excluding hydrogens is 286 g/mol. The first-order valence-electron chi connectivity index (χ1n) is 8.59. The van der Waals surface area contributed by atoms with Crippen molar-refractivity contribution in [1.82, 2.24) is 24.6 Å². The van der Waals surface area contributed by atoms with E-state index < -0.39 is 0 Å². The summed E-state index contributed by atoms with van der Waals surface area (Å²) in [5.74, 6) is 1.35. The highest BCUT2D eigenvalue weighted by Gasteiger charge is 2.27. The standard InChI is InChI=1S/C18H27N5/c1-12(2)22-9-7-15(11-22)16-10-17(21-14(5)20-16)18-6-8-19-23(18)13(3)4/h6,8,10,12-13,15H,7,9,11H2,1-5H3/t15-/m0/s1. The zero-order valence-corrected chi connectivity index (χ0v) is 14.8. The van der Waals surface area contributed by atoms with Gasteiger partial charge in [-0.05, 0) is 59.7 Å². The van der Waals surface area contributed by atoms with Gasteiger partial charge < -0.3 is 4.90 Å². The maximum absolute atomic E-state index is 4.73. The summed E-state index contributed by atoms with van der Waals surface area (Å²) in [4.78, 5) is 11.9. The minimum Gasteiger partial charge on any atom is -0.300 e. The van der Waals surface area contributed by atoms with Gasteiger partial charge in [-0.1, -0.05) is 0 Å². The van der Waals surface area contributed by atoms with Gasteiger partial charge in [-0.2, -0.15) is 5.10 Å². The van der Waals surface area contributed by atoms with Gasteiger partial charge in [-0.25, -0.2) is 9.97 Å². The first-order valence-corrected chi connectivity index (χ1v) is 8.59. The molecule has 3 heterocycles. The number of nitrogens with zero attached hydrogens (tertiary/aromatic N) is 5. The normalized spacial score (nSPS) is 19.2. The van der Waals surface area contributed by atoms with Gasteiger partial charge in [0.05, 0.1) is 11.4 Å². The van der Waals surface area contributed by atoms with Gasteiger partial charge in [0.2, 0.25) is 0 Å². The molecule has 0 radical (unpaired) electrons. The summed E-state index contributed by atoms with van der Waals surface area (Å²) >= 11 is 0. The molecule has 2 aromatic rings. The molecule has 1 aliphatic heterocycles. The molecule has 0 unspecified atom stereocenters. The van der Waals surface area contributed by atoms with E-state index >= 15 is 0 Å². The molecule has 0 amide bonds. The predicted molar refractivity (Wildman–Crippen MR) is 92.4 cm³/mol. The van der Waals surface area contributed by atoms with Crippen LogP contribution in [0.1, 0.15) is 57.6 Å². The lowest BCUT2D eigenvalue weighted by Gasteiger charge is -2.20. The Kier molecular flexibility index (Phi) is 4.48. The van der Waals surface area contributed by atoms with Crippen LogP contribution in [-0.4, -0.2) is 43.8 Å². The molecule has 1 atom stereocenters. The SMILES string of the molecule is Cc1nc(-c2ccnn2C(C)C)cc([C@H]2CCN(C(C)C)C2)n1. The molecular formula is C18H27N5. The minimum atomic E-state index is 0.321. The Hall–Kier alpha value is -1.75. The van der Waals surface area contributed by atoms with Crippen molar-refractivity contribution in [2.45, 2.75) is 59.0 Å². The Balaban J connectivity index is 1.93. The number of likely N-dealkylation sites (tertiary alicyclic amines) is 1. The smallest absolute Gasteiger partial charge is 0.126 e. The third-order valence-electron chi connectivity index (χ3n) is 4.65. The van der Waals surface area contributed by atoms with E-state index in [9.17, 15) is 0 Å². The van der Waals surface area contributed by atoms with E-state index in [0.717, 1.165) is 30.3 Å². The Bertz CT molecular complexity index is 674. The second-order valence-electron chi connectivity index (χ2n) is 7.05. The Morgan fingerprint density at radius 1 is 1.13 bits per heavy atom. The lowest BCUT2D eigenvalue weighted by Crippen LogP contribution is -2.28. The quantitative estimate of drug-likeness (QED) is 0.867. The Labute approximate surface area is 138 Å². The van der Waals surface area contributed by atoms with Gasteiger partial charge in [0.15, 0.2) is 0 Å². The van der Waals surface area contributed by atoms with Crippen molar-refractivity contribution >= 4 is 0 Å². The zero-order chi connectivity index (χ0) is 16.6. The largest absolute Gasteiger partial charge is 0.300 e. The van der Waals surface area contributed by atoms with Crippen LogP contribution in [0.2, 0.25) is 0 Å². The fourth-order valence-corrected chi connectivity index (χ4v) is 3.36. The lowest BCUT2D eigenvalue weighted by atomic mass is 10.0. The molecule has 1 saturated heterocycles. The number of aryl methyl sites for hydroxylation is 1. The molecule has 124 valence electrons. The predicted octanol–water partition coefficient (Wildman–Crippen LogP) is 3.43. The van der Waals surface area contributed by atoms with Crippen molar-refractivity contribution in [2.24, 2.45) is 0 Å². The molecule has 0 aromatic carbocycles. The summed E-state index contributed by atoms with van der Waals surface area (Å²) in [5.41, 5.74) is 3.24. The molecule has 0 saturated carbocycles. The van der Waals surface area contributed by atoms with Crippen molar-refractivity contribution in [3.63, 3.8) is 0 Å². The summed E-state index contributed by atoms with van der Waals surface area (Å²) in [6, 6.07) is 5.13. The molecule has 0 N–H and O–H groups in total. The lowest BCUT2D eigenvalue weighted by molar-refractivity contribution is 0.272. The van der Waals surface area contributed by atoms with Crippen LogP contribution in [0.5, 0.6) is 0 Å². The average Bonchev–Trinajstić information content (AvgIpc) is 3.16. The average molecular weight is 313 g/mol. The molecule has 23 heavy (non-hydrogen) atoms. The molecule has 1 fully saturated rings. The molecule has 3 rings (SSSR count). The van der Waals surface area contributed by atoms with Gasteiger partial charge in [-0.15, -0.1) is 0 Å². The second-order valence-corrected chi connectivity index (χ2v) is 7.05. The summed E-state index contributed by atoms with van der Waals surface area (Å²) in [6.07, 6.45) is 3.03. The summed E-state index contributed by atoms with van der Waals surface area (Å²) in [5, 5.41) is 4.43. The van der Waals surface area contributed by atoms with Gasteiger partial charge in [0.25, 0.3) is 0 Å². The van der Waals surface area contributed by atoms with Crippen molar-refractivity contribution in [3.8, 4) is 11.4 Å². The van der Waals surface area contributed by atoms with Crippen LogP contribution in [0.3, 0.4) is 0 Å². The van der Waals surface area contributed by atoms with Crippen molar-refractivity contribution in [1.29, 1.82) is 0 Å². The van der Waals surface area contributed by atoms with Gasteiger partial charge in [0.1, 0.15) is 5.82 Å². The molecule has 0 aliphatic carbocycles. The van der Waals surface area contributed by atoms with E-state index in [0.29, 0.717) is 18.0 Å². The van der Waals surface area contributed by atoms with Crippen LogP contribution >= 0.6 is 0 Å². The first-order chi connectivity index (χ1) is 11.0. The highest BCUT2D eigenvalue weighted by molar-refractivity contribution is 5.55. The maximum Gasteiger partial charge on any atom is 0.126 e. The van der Waals surface area contributed by atoms with Crippen LogP contribution in [0.4, 0.5) is 0 Å². The fraction of sp³-hybridized carbons (Fsp3) is 0.611. The van der Waals surface area contributed by atoms with E-state index in [-0.39, 0.29) is 0 Å². The van der Waals surface area contributed by atoms with Crippen LogP contribution in [0.15, 0.2) is 18.3 Å². The summed E-state index contributed by atoms with van der Waals surface area (Å²) < 4.78 is 2.03. The monoisotopic (exact) mass is 313 g/mol. The number of aromatic nitrogens is 4. The zero-order valence-electron chi connectivity index (χ0n) is 14.8. The molecule has 5 nitrogen and oxygen atoms in total. The van der Waals surface area contributed by atoms with E-state index in [4.69, 9.17) is 4.98 Å².